The summed E-state index contributed by atoms with van der Waals surface area (Å²) in [6.45, 7) is 11.6. The van der Waals surface area contributed by atoms with E-state index < -0.39 is 16.5 Å². The average Bonchev–Trinajstić information content (AvgIpc) is 3.08. The lowest BCUT2D eigenvalue weighted by atomic mass is 9.47. The van der Waals surface area contributed by atoms with E-state index in [1.807, 2.05) is 0 Å². The minimum atomic E-state index is -4.40. The minimum absolute atomic E-state index is 0.133. The van der Waals surface area contributed by atoms with Gasteiger partial charge in [-0.15, -0.1) is 0 Å². The molecule has 4 aliphatic rings. The minimum Gasteiger partial charge on any atom is -0.393 e. The fraction of sp³-hybridized carbons (Fsp3) is 0.926. The van der Waals surface area contributed by atoms with Crippen LogP contribution in [0.25, 0.3) is 0 Å². The number of rotatable bonds is 7. The average molecular weight is 483 g/mol. The van der Waals surface area contributed by atoms with Crippen LogP contribution in [0.4, 0.5) is 0 Å². The third-order valence-electron chi connectivity index (χ3n) is 10.8. The summed E-state index contributed by atoms with van der Waals surface area (Å²) in [5, 5.41) is 10.3. The van der Waals surface area contributed by atoms with Gasteiger partial charge in [0.05, 0.1) is 12.2 Å². The van der Waals surface area contributed by atoms with E-state index in [1.54, 1.807) is 0 Å². The zero-order valence-corrected chi connectivity index (χ0v) is 22.1. The van der Waals surface area contributed by atoms with Gasteiger partial charge in [0.25, 0.3) is 0 Å². The summed E-state index contributed by atoms with van der Waals surface area (Å²) >= 11 is 0. The topological polar surface area (TPSA) is 83.8 Å². The largest absolute Gasteiger partial charge is 0.397 e. The quantitative estimate of drug-likeness (QED) is 0.334. The molecule has 4 unspecified atom stereocenters. The first-order valence-corrected chi connectivity index (χ1v) is 14.7. The maximum atomic E-state index is 11.2. The monoisotopic (exact) mass is 482 g/mol. The highest BCUT2D eigenvalue weighted by atomic mass is 32.3. The molecule has 6 heteroatoms. The van der Waals surface area contributed by atoms with E-state index in [9.17, 15) is 13.5 Å². The van der Waals surface area contributed by atoms with Gasteiger partial charge in [-0.3, -0.25) is 4.55 Å². The lowest BCUT2D eigenvalue weighted by molar-refractivity contribution is -0.0567. The molecule has 0 radical (unpaired) electrons. The van der Waals surface area contributed by atoms with Gasteiger partial charge in [0.15, 0.2) is 0 Å². The van der Waals surface area contributed by atoms with Crippen molar-refractivity contribution in [2.75, 3.05) is 0 Å². The predicted octanol–water partition coefficient (Wildman–Crippen LogP) is 6.19. The molecule has 0 amide bonds. The van der Waals surface area contributed by atoms with Crippen molar-refractivity contribution in [2.45, 2.75) is 111 Å². The molecule has 0 spiro atoms. The standard InChI is InChI=1S/C27H46O5S/c1-17(2)25(28)11-6-18(3)22-9-10-23-21-8-7-19-16-20(32-33(29,30)31)12-14-26(19,4)24(21)13-15-27(22,23)5/h7,17-18,20-25,28H,6,8-16H2,1-5H3,(H,29,30,31)/t18-,20+,21+,22?,23?,24?,25?,26+,27-/m1/s1. The maximum Gasteiger partial charge on any atom is 0.397 e. The van der Waals surface area contributed by atoms with Gasteiger partial charge < -0.3 is 5.11 Å². The van der Waals surface area contributed by atoms with Crippen LogP contribution in [-0.4, -0.2) is 30.3 Å². The Balaban J connectivity index is 1.47. The van der Waals surface area contributed by atoms with Crippen LogP contribution in [0.15, 0.2) is 11.6 Å². The molecule has 5 nitrogen and oxygen atoms in total. The van der Waals surface area contributed by atoms with E-state index in [2.05, 4.69) is 40.7 Å². The lowest BCUT2D eigenvalue weighted by Gasteiger charge is -2.58. The highest BCUT2D eigenvalue weighted by Gasteiger charge is 2.59. The van der Waals surface area contributed by atoms with E-state index in [4.69, 9.17) is 8.74 Å². The first-order valence-electron chi connectivity index (χ1n) is 13.4. The van der Waals surface area contributed by atoms with Crippen molar-refractivity contribution in [3.8, 4) is 0 Å². The Hall–Kier alpha value is -0.430. The molecule has 0 aliphatic heterocycles. The fourth-order valence-corrected chi connectivity index (χ4v) is 9.33. The third kappa shape index (κ3) is 4.83. The number of allylic oxidation sites excluding steroid dienone is 1. The van der Waals surface area contributed by atoms with Crippen LogP contribution in [0.1, 0.15) is 98.8 Å². The van der Waals surface area contributed by atoms with Crippen molar-refractivity contribution < 1.29 is 22.3 Å². The molecule has 190 valence electrons. The smallest absolute Gasteiger partial charge is 0.393 e. The second-order valence-corrected chi connectivity index (χ2v) is 13.8. The Morgan fingerprint density at radius 1 is 1.06 bits per heavy atom. The van der Waals surface area contributed by atoms with Crippen molar-refractivity contribution in [1.82, 2.24) is 0 Å². The molecule has 4 rings (SSSR count). The maximum absolute atomic E-state index is 11.2. The van der Waals surface area contributed by atoms with Gasteiger partial charge in [0.1, 0.15) is 0 Å². The van der Waals surface area contributed by atoms with Crippen molar-refractivity contribution in [3.05, 3.63) is 11.6 Å². The van der Waals surface area contributed by atoms with E-state index in [0.717, 1.165) is 43.4 Å². The van der Waals surface area contributed by atoms with Crippen LogP contribution in [0.2, 0.25) is 0 Å². The van der Waals surface area contributed by atoms with E-state index in [1.165, 1.54) is 31.3 Å². The van der Waals surface area contributed by atoms with Crippen molar-refractivity contribution in [2.24, 2.45) is 46.3 Å². The van der Waals surface area contributed by atoms with E-state index >= 15 is 0 Å². The Morgan fingerprint density at radius 3 is 2.45 bits per heavy atom. The predicted molar refractivity (Wildman–Crippen MR) is 131 cm³/mol. The molecular formula is C27H46O5S. The van der Waals surface area contributed by atoms with Gasteiger partial charge >= 0.3 is 10.4 Å². The SMILES string of the molecule is CC(C)C(O)CC[C@@H](C)C1CCC2[C@@H]3CC=C4C[C@@H](OS(=O)(=O)O)CC[C@]4(C)C3CC[C@@]21C. The van der Waals surface area contributed by atoms with Crippen LogP contribution >= 0.6 is 0 Å². The summed E-state index contributed by atoms with van der Waals surface area (Å²) in [7, 11) is -4.40. The fourth-order valence-electron chi connectivity index (χ4n) is 8.83. The van der Waals surface area contributed by atoms with Crippen molar-refractivity contribution >= 4 is 10.4 Å². The van der Waals surface area contributed by atoms with Crippen molar-refractivity contribution in [3.63, 3.8) is 0 Å². The van der Waals surface area contributed by atoms with Gasteiger partial charge in [-0.05, 0) is 111 Å². The third-order valence-corrected chi connectivity index (χ3v) is 11.3. The summed E-state index contributed by atoms with van der Waals surface area (Å²) in [5.74, 6) is 3.89. The Bertz CT molecular complexity index is 851. The number of hydrogen-bond donors (Lipinski definition) is 2. The number of aliphatic hydroxyl groups excluding tert-OH is 1. The molecule has 2 N–H and O–H groups in total. The van der Waals surface area contributed by atoms with Gasteiger partial charge in [-0.1, -0.05) is 46.3 Å². The van der Waals surface area contributed by atoms with Crippen molar-refractivity contribution in [1.29, 1.82) is 0 Å². The highest BCUT2D eigenvalue weighted by molar-refractivity contribution is 7.80. The normalized spacial score (nSPS) is 42.8. The Labute approximate surface area is 201 Å². The summed E-state index contributed by atoms with van der Waals surface area (Å²) < 4.78 is 36.5. The van der Waals surface area contributed by atoms with Crippen LogP contribution in [0, 0.1) is 46.3 Å². The molecular weight excluding hydrogens is 436 g/mol. The zero-order chi connectivity index (χ0) is 24.2. The summed E-state index contributed by atoms with van der Waals surface area (Å²) in [6, 6.07) is 0. The molecule has 3 saturated carbocycles. The molecule has 0 aromatic rings. The summed E-state index contributed by atoms with van der Waals surface area (Å²) in [5.41, 5.74) is 1.89. The lowest BCUT2D eigenvalue weighted by Crippen LogP contribution is -2.51. The molecule has 33 heavy (non-hydrogen) atoms. The second kappa shape index (κ2) is 9.22. The number of fused-ring (bicyclic) bond motifs is 5. The Kier molecular flexibility index (Phi) is 7.17. The van der Waals surface area contributed by atoms with E-state index in [0.29, 0.717) is 36.0 Å². The van der Waals surface area contributed by atoms with Crippen LogP contribution in [0.3, 0.4) is 0 Å². The molecule has 4 aliphatic carbocycles. The summed E-state index contributed by atoms with van der Waals surface area (Å²) in [6.07, 6.45) is 12.4. The van der Waals surface area contributed by atoms with Gasteiger partial charge in [0.2, 0.25) is 0 Å². The van der Waals surface area contributed by atoms with Gasteiger partial charge in [-0.2, -0.15) is 8.42 Å². The second-order valence-electron chi connectivity index (χ2n) is 12.7. The zero-order valence-electron chi connectivity index (χ0n) is 21.3. The summed E-state index contributed by atoms with van der Waals surface area (Å²) in [4.78, 5) is 0. The molecule has 0 aromatic carbocycles. The molecule has 9 atom stereocenters. The number of hydrogen-bond acceptors (Lipinski definition) is 4. The van der Waals surface area contributed by atoms with Crippen LogP contribution in [0.5, 0.6) is 0 Å². The first kappa shape index (κ1) is 25.7. The van der Waals surface area contributed by atoms with Crippen LogP contribution in [-0.2, 0) is 14.6 Å². The first-order chi connectivity index (χ1) is 15.3. The molecule has 3 fully saturated rings. The molecule has 0 saturated heterocycles. The van der Waals surface area contributed by atoms with Gasteiger partial charge in [0, 0.05) is 0 Å². The van der Waals surface area contributed by atoms with Crippen LogP contribution < -0.4 is 0 Å². The molecule has 0 aromatic heterocycles. The van der Waals surface area contributed by atoms with E-state index in [-0.39, 0.29) is 11.5 Å². The Morgan fingerprint density at radius 2 is 1.79 bits per heavy atom. The molecule has 0 heterocycles. The highest BCUT2D eigenvalue weighted by Crippen LogP contribution is 2.67. The van der Waals surface area contributed by atoms with Gasteiger partial charge in [-0.25, -0.2) is 4.18 Å². The number of aliphatic hydroxyl groups is 1. The molecule has 0 bridgehead atoms.